The summed E-state index contributed by atoms with van der Waals surface area (Å²) < 4.78 is 2.77. The van der Waals surface area contributed by atoms with Gasteiger partial charge in [-0.1, -0.05) is 30.7 Å². The molecule has 0 aliphatic carbocycles. The molecule has 4 heteroatoms. The van der Waals surface area contributed by atoms with Crippen LogP contribution in [-0.4, -0.2) is 14.9 Å². The monoisotopic (exact) mass is 336 g/mol. The summed E-state index contributed by atoms with van der Waals surface area (Å²) in [7, 11) is 0. The summed E-state index contributed by atoms with van der Waals surface area (Å²) in [6, 6.07) is 6.35. The fourth-order valence-corrected chi connectivity index (χ4v) is 2.98. The SMILES string of the molecule is CCCn1ncc(Br)c1C(O)Cc1cc(C)ccc1C. The average molecular weight is 337 g/mol. The van der Waals surface area contributed by atoms with Crippen molar-refractivity contribution in [2.45, 2.75) is 46.3 Å². The highest BCUT2D eigenvalue weighted by Crippen LogP contribution is 2.27. The van der Waals surface area contributed by atoms with Crippen molar-refractivity contribution in [2.75, 3.05) is 0 Å². The fourth-order valence-electron chi connectivity index (χ4n) is 2.42. The minimum atomic E-state index is -0.543. The van der Waals surface area contributed by atoms with Gasteiger partial charge in [0.1, 0.15) is 6.10 Å². The summed E-state index contributed by atoms with van der Waals surface area (Å²) in [6.45, 7) is 7.09. The lowest BCUT2D eigenvalue weighted by Crippen LogP contribution is -2.12. The molecule has 0 spiro atoms. The Balaban J connectivity index is 2.25. The lowest BCUT2D eigenvalue weighted by molar-refractivity contribution is 0.165. The minimum Gasteiger partial charge on any atom is -0.386 e. The highest BCUT2D eigenvalue weighted by molar-refractivity contribution is 9.10. The Morgan fingerprint density at radius 3 is 2.80 bits per heavy atom. The van der Waals surface area contributed by atoms with Gasteiger partial charge in [-0.15, -0.1) is 0 Å². The highest BCUT2D eigenvalue weighted by Gasteiger charge is 2.18. The van der Waals surface area contributed by atoms with Crippen LogP contribution >= 0.6 is 15.9 Å². The Morgan fingerprint density at radius 1 is 1.35 bits per heavy atom. The van der Waals surface area contributed by atoms with Crippen LogP contribution < -0.4 is 0 Å². The molecule has 3 nitrogen and oxygen atoms in total. The zero-order valence-corrected chi connectivity index (χ0v) is 13.8. The molecular formula is C16H21BrN2O. The Hall–Kier alpha value is -1.13. The van der Waals surface area contributed by atoms with Crippen molar-refractivity contribution in [3.8, 4) is 0 Å². The van der Waals surface area contributed by atoms with Gasteiger partial charge in [0.05, 0.1) is 16.4 Å². The molecule has 0 aliphatic heterocycles. The van der Waals surface area contributed by atoms with Crippen LogP contribution in [0.1, 0.15) is 41.8 Å². The van der Waals surface area contributed by atoms with E-state index in [0.29, 0.717) is 6.42 Å². The summed E-state index contributed by atoms with van der Waals surface area (Å²) in [5.74, 6) is 0. The van der Waals surface area contributed by atoms with Gasteiger partial charge in [0.2, 0.25) is 0 Å². The Kier molecular flexibility index (Phi) is 5.00. The van der Waals surface area contributed by atoms with E-state index < -0.39 is 6.10 Å². The van der Waals surface area contributed by atoms with Gasteiger partial charge in [0.15, 0.2) is 0 Å². The summed E-state index contributed by atoms with van der Waals surface area (Å²) in [5, 5.41) is 14.9. The fraction of sp³-hybridized carbons (Fsp3) is 0.438. The molecule has 0 saturated carbocycles. The van der Waals surface area contributed by atoms with Crippen LogP contribution in [0.25, 0.3) is 0 Å². The standard InChI is InChI=1S/C16H21BrN2O/c1-4-7-19-16(14(17)10-18-19)15(20)9-13-8-11(2)5-6-12(13)3/h5-6,8,10,15,20H,4,7,9H2,1-3H3. The van der Waals surface area contributed by atoms with E-state index in [0.717, 1.165) is 23.1 Å². The number of rotatable bonds is 5. The van der Waals surface area contributed by atoms with E-state index in [-0.39, 0.29) is 0 Å². The topological polar surface area (TPSA) is 38.0 Å². The van der Waals surface area contributed by atoms with Gasteiger partial charge >= 0.3 is 0 Å². The van der Waals surface area contributed by atoms with E-state index in [1.54, 1.807) is 6.20 Å². The summed E-state index contributed by atoms with van der Waals surface area (Å²) in [6.07, 6.45) is 2.83. The third kappa shape index (κ3) is 3.30. The number of aryl methyl sites for hydroxylation is 3. The molecule has 0 bridgehead atoms. The minimum absolute atomic E-state index is 0.543. The number of halogens is 1. The normalized spacial score (nSPS) is 12.7. The van der Waals surface area contributed by atoms with Gasteiger partial charge in [-0.3, -0.25) is 4.68 Å². The van der Waals surface area contributed by atoms with Crippen LogP contribution in [0.5, 0.6) is 0 Å². The maximum absolute atomic E-state index is 10.6. The van der Waals surface area contributed by atoms with Crippen molar-refractivity contribution >= 4 is 15.9 Å². The maximum Gasteiger partial charge on any atom is 0.101 e. The first-order valence-corrected chi connectivity index (χ1v) is 7.77. The van der Waals surface area contributed by atoms with E-state index in [9.17, 15) is 5.11 Å². The van der Waals surface area contributed by atoms with Gasteiger partial charge in [-0.05, 0) is 47.3 Å². The Labute approximate surface area is 128 Å². The van der Waals surface area contributed by atoms with E-state index >= 15 is 0 Å². The molecule has 2 aromatic rings. The average Bonchev–Trinajstić information content (AvgIpc) is 2.75. The van der Waals surface area contributed by atoms with Crippen molar-refractivity contribution < 1.29 is 5.11 Å². The summed E-state index contributed by atoms with van der Waals surface area (Å²) in [4.78, 5) is 0. The number of aromatic nitrogens is 2. The van der Waals surface area contributed by atoms with E-state index in [1.807, 2.05) is 4.68 Å². The van der Waals surface area contributed by atoms with Crippen LogP contribution in [0.15, 0.2) is 28.9 Å². The van der Waals surface area contributed by atoms with Crippen molar-refractivity contribution in [1.29, 1.82) is 0 Å². The molecule has 1 heterocycles. The maximum atomic E-state index is 10.6. The van der Waals surface area contributed by atoms with Crippen LogP contribution in [0, 0.1) is 13.8 Å². The first-order valence-electron chi connectivity index (χ1n) is 6.98. The van der Waals surface area contributed by atoms with E-state index in [2.05, 4.69) is 60.0 Å². The molecule has 1 unspecified atom stereocenters. The second-order valence-electron chi connectivity index (χ2n) is 5.25. The van der Waals surface area contributed by atoms with Crippen molar-refractivity contribution in [3.05, 3.63) is 51.3 Å². The number of aliphatic hydroxyl groups excluding tert-OH is 1. The molecule has 1 atom stereocenters. The van der Waals surface area contributed by atoms with Crippen LogP contribution in [0.2, 0.25) is 0 Å². The Morgan fingerprint density at radius 2 is 2.10 bits per heavy atom. The predicted molar refractivity (Wildman–Crippen MR) is 84.8 cm³/mol. The molecule has 0 amide bonds. The number of hydrogen-bond donors (Lipinski definition) is 1. The van der Waals surface area contributed by atoms with Crippen molar-refractivity contribution in [2.24, 2.45) is 0 Å². The first kappa shape index (κ1) is 15.3. The quantitative estimate of drug-likeness (QED) is 0.897. The van der Waals surface area contributed by atoms with Gasteiger partial charge in [-0.25, -0.2) is 0 Å². The summed E-state index contributed by atoms with van der Waals surface area (Å²) in [5.41, 5.74) is 4.49. The third-order valence-electron chi connectivity index (χ3n) is 3.50. The van der Waals surface area contributed by atoms with Gasteiger partial charge in [0.25, 0.3) is 0 Å². The van der Waals surface area contributed by atoms with Gasteiger partial charge < -0.3 is 5.11 Å². The second-order valence-corrected chi connectivity index (χ2v) is 6.11. The van der Waals surface area contributed by atoms with Crippen molar-refractivity contribution in [1.82, 2.24) is 9.78 Å². The van der Waals surface area contributed by atoms with E-state index in [1.165, 1.54) is 16.7 Å². The van der Waals surface area contributed by atoms with Crippen LogP contribution in [0.4, 0.5) is 0 Å². The largest absolute Gasteiger partial charge is 0.386 e. The van der Waals surface area contributed by atoms with Gasteiger partial charge in [0, 0.05) is 13.0 Å². The molecular weight excluding hydrogens is 316 g/mol. The van der Waals surface area contributed by atoms with Gasteiger partial charge in [-0.2, -0.15) is 5.10 Å². The molecule has 2 rings (SSSR count). The van der Waals surface area contributed by atoms with Crippen molar-refractivity contribution in [3.63, 3.8) is 0 Å². The summed E-state index contributed by atoms with van der Waals surface area (Å²) >= 11 is 3.49. The molecule has 0 aliphatic rings. The third-order valence-corrected chi connectivity index (χ3v) is 4.11. The highest BCUT2D eigenvalue weighted by atomic mass is 79.9. The van der Waals surface area contributed by atoms with E-state index in [4.69, 9.17) is 0 Å². The number of nitrogens with zero attached hydrogens (tertiary/aromatic N) is 2. The number of hydrogen-bond acceptors (Lipinski definition) is 2. The van der Waals surface area contributed by atoms with Crippen LogP contribution in [0.3, 0.4) is 0 Å². The second kappa shape index (κ2) is 6.55. The van der Waals surface area contributed by atoms with Crippen LogP contribution in [-0.2, 0) is 13.0 Å². The zero-order valence-electron chi connectivity index (χ0n) is 12.2. The molecule has 20 heavy (non-hydrogen) atoms. The molecule has 1 aromatic carbocycles. The molecule has 0 fully saturated rings. The lowest BCUT2D eigenvalue weighted by atomic mass is 9.99. The predicted octanol–water partition coefficient (Wildman–Crippen LogP) is 3.95. The molecule has 1 N–H and O–H groups in total. The number of aliphatic hydroxyl groups is 1. The smallest absolute Gasteiger partial charge is 0.101 e. The molecule has 0 radical (unpaired) electrons. The molecule has 1 aromatic heterocycles. The lowest BCUT2D eigenvalue weighted by Gasteiger charge is -2.16. The molecule has 108 valence electrons. The number of benzene rings is 1. The Bertz CT molecular complexity index is 592. The first-order chi connectivity index (χ1) is 9.52. The molecule has 0 saturated heterocycles. The zero-order chi connectivity index (χ0) is 14.7.